The molecule has 0 aliphatic heterocycles. The third-order valence-electron chi connectivity index (χ3n) is 6.75. The van der Waals surface area contributed by atoms with Crippen molar-refractivity contribution in [2.75, 3.05) is 24.6 Å². The monoisotopic (exact) mass is 569 g/mol. The predicted octanol–water partition coefficient (Wildman–Crippen LogP) is 4.87. The summed E-state index contributed by atoms with van der Waals surface area (Å²) in [5.74, 6) is 5.96. The Hall–Kier alpha value is -4.68. The molecule has 0 aromatic carbocycles. The molecule has 2 amide bonds. The minimum absolute atomic E-state index is 0.0372. The van der Waals surface area contributed by atoms with Crippen molar-refractivity contribution in [3.8, 4) is 11.8 Å². The molecule has 1 aliphatic rings. The van der Waals surface area contributed by atoms with Crippen LogP contribution in [0.15, 0.2) is 73.6 Å². The van der Waals surface area contributed by atoms with Crippen molar-refractivity contribution >= 4 is 52.0 Å². The number of halogens is 1. The van der Waals surface area contributed by atoms with Gasteiger partial charge in [-0.05, 0) is 44.1 Å². The van der Waals surface area contributed by atoms with Crippen molar-refractivity contribution in [1.82, 2.24) is 24.6 Å². The molecule has 9 nitrogen and oxygen atoms in total. The van der Waals surface area contributed by atoms with Crippen molar-refractivity contribution in [2.45, 2.75) is 37.1 Å². The van der Waals surface area contributed by atoms with E-state index in [1.165, 1.54) is 6.08 Å². The molecule has 0 spiro atoms. The van der Waals surface area contributed by atoms with E-state index in [1.807, 2.05) is 10.8 Å². The summed E-state index contributed by atoms with van der Waals surface area (Å²) in [7, 11) is 1.75. The second kappa shape index (κ2) is 13.1. The lowest BCUT2D eigenvalue weighted by atomic mass is 9.98. The summed E-state index contributed by atoms with van der Waals surface area (Å²) in [5.41, 5.74) is 8.96. The maximum atomic E-state index is 13.0. The number of anilines is 2. The van der Waals surface area contributed by atoms with Crippen LogP contribution in [-0.2, 0) is 9.59 Å². The number of rotatable bonds is 10. The number of alkyl halides is 1. The Kier molecular flexibility index (Phi) is 9.37. The summed E-state index contributed by atoms with van der Waals surface area (Å²) in [6, 6.07) is 5.22. The maximum Gasteiger partial charge on any atom is 0.256 e. The van der Waals surface area contributed by atoms with Crippen LogP contribution in [0.25, 0.3) is 17.0 Å². The number of aromatic nitrogens is 4. The van der Waals surface area contributed by atoms with Gasteiger partial charge in [-0.1, -0.05) is 49.3 Å². The van der Waals surface area contributed by atoms with E-state index in [4.69, 9.17) is 22.4 Å². The average Bonchev–Trinajstić information content (AvgIpc) is 3.37. The molecular formula is C31H32ClN7O2. The lowest BCUT2D eigenvalue weighted by molar-refractivity contribution is -0.124. The van der Waals surface area contributed by atoms with Gasteiger partial charge in [0.05, 0.1) is 22.5 Å². The van der Waals surface area contributed by atoms with Gasteiger partial charge in [0.2, 0.25) is 5.91 Å². The Bertz CT molecular complexity index is 1600. The van der Waals surface area contributed by atoms with Crippen LogP contribution in [0.3, 0.4) is 0 Å². The number of nitrogens with zero attached hydrogens (tertiary/aromatic N) is 5. The molecule has 0 bridgehead atoms. The van der Waals surface area contributed by atoms with Crippen molar-refractivity contribution in [3.63, 3.8) is 0 Å². The zero-order valence-electron chi connectivity index (χ0n) is 23.0. The molecule has 0 saturated heterocycles. The third kappa shape index (κ3) is 6.73. The van der Waals surface area contributed by atoms with Crippen molar-refractivity contribution in [1.29, 1.82) is 0 Å². The quantitative estimate of drug-likeness (QED) is 0.204. The fraction of sp³-hybridized carbons (Fsp3) is 0.258. The highest BCUT2D eigenvalue weighted by Crippen LogP contribution is 2.35. The summed E-state index contributed by atoms with van der Waals surface area (Å²) >= 11 is 6.47. The first-order valence-corrected chi connectivity index (χ1v) is 13.6. The van der Waals surface area contributed by atoms with E-state index in [1.54, 1.807) is 60.8 Å². The highest BCUT2D eigenvalue weighted by atomic mass is 35.5. The summed E-state index contributed by atoms with van der Waals surface area (Å²) in [6.45, 7) is 10.1. The molecule has 3 N–H and O–H groups in total. The zero-order chi connectivity index (χ0) is 29.5. The van der Waals surface area contributed by atoms with Crippen LogP contribution in [0.5, 0.6) is 0 Å². The average molecular weight is 570 g/mol. The fourth-order valence-electron chi connectivity index (χ4n) is 4.55. The van der Waals surface area contributed by atoms with Crippen LogP contribution in [0.1, 0.15) is 43.0 Å². The van der Waals surface area contributed by atoms with Crippen molar-refractivity contribution in [2.24, 2.45) is 0 Å². The first kappa shape index (κ1) is 29.3. The summed E-state index contributed by atoms with van der Waals surface area (Å²) < 4.78 is 1.92. The summed E-state index contributed by atoms with van der Waals surface area (Å²) in [5, 5.41) is 7.74. The zero-order valence-corrected chi connectivity index (χ0v) is 23.8. The topological polar surface area (TPSA) is 119 Å². The maximum absolute atomic E-state index is 13.0. The molecule has 41 heavy (non-hydrogen) atoms. The summed E-state index contributed by atoms with van der Waals surface area (Å²) in [4.78, 5) is 35.0. The molecule has 10 heteroatoms. The van der Waals surface area contributed by atoms with Gasteiger partial charge in [-0.25, -0.2) is 9.97 Å². The van der Waals surface area contributed by atoms with E-state index in [-0.39, 0.29) is 17.9 Å². The van der Waals surface area contributed by atoms with E-state index >= 15 is 0 Å². The Morgan fingerprint density at radius 3 is 2.80 bits per heavy atom. The predicted molar refractivity (Wildman–Crippen MR) is 164 cm³/mol. The van der Waals surface area contributed by atoms with Gasteiger partial charge >= 0.3 is 0 Å². The van der Waals surface area contributed by atoms with Crippen LogP contribution in [0.2, 0.25) is 0 Å². The van der Waals surface area contributed by atoms with Gasteiger partial charge in [-0.2, -0.15) is 5.10 Å². The van der Waals surface area contributed by atoms with Crippen LogP contribution >= 0.6 is 11.6 Å². The van der Waals surface area contributed by atoms with Crippen LogP contribution in [0.4, 0.5) is 11.6 Å². The molecule has 0 radical (unpaired) electrons. The van der Waals surface area contributed by atoms with Gasteiger partial charge in [-0.3, -0.25) is 14.3 Å². The number of nitrogen functional groups attached to an aromatic ring is 1. The van der Waals surface area contributed by atoms with Crippen LogP contribution in [-0.4, -0.2) is 55.4 Å². The van der Waals surface area contributed by atoms with Crippen molar-refractivity contribution < 1.29 is 9.59 Å². The molecule has 0 saturated carbocycles. The number of allylic oxidation sites excluding steroid dienone is 2. The Labute approximate surface area is 244 Å². The van der Waals surface area contributed by atoms with Crippen LogP contribution < -0.4 is 11.1 Å². The molecule has 210 valence electrons. The normalized spacial score (nSPS) is 19.0. The number of hydrogen-bond acceptors (Lipinski definition) is 6. The molecule has 3 atom stereocenters. The van der Waals surface area contributed by atoms with Gasteiger partial charge < -0.3 is 16.0 Å². The van der Waals surface area contributed by atoms with E-state index in [0.717, 1.165) is 23.9 Å². The van der Waals surface area contributed by atoms with E-state index < -0.39 is 11.3 Å². The number of nitrogens with one attached hydrogen (secondary N) is 1. The summed E-state index contributed by atoms with van der Waals surface area (Å²) in [6.07, 6.45) is 12.9. The lowest BCUT2D eigenvalue weighted by Gasteiger charge is -2.18. The van der Waals surface area contributed by atoms with Gasteiger partial charge in [-0.15, -0.1) is 11.6 Å². The highest BCUT2D eigenvalue weighted by Gasteiger charge is 2.25. The van der Waals surface area contributed by atoms with Crippen LogP contribution in [0, 0.1) is 11.8 Å². The molecule has 3 unspecified atom stereocenters. The number of carbonyl (C=O) groups is 2. The SMILES string of the molecule is C=CC(=O)N(C)CCCC(C)n1nc(C2C#CC(Cl)/C=C(C(=O)Nc3ccccn3)\C=C/2)c2c(N)ncc(C=C)c21. The third-order valence-corrected chi connectivity index (χ3v) is 6.98. The van der Waals surface area contributed by atoms with E-state index in [0.29, 0.717) is 34.8 Å². The Morgan fingerprint density at radius 1 is 1.29 bits per heavy atom. The smallest absolute Gasteiger partial charge is 0.256 e. The number of likely N-dealkylation sites (N-methyl/N-ethyl adjacent to an activating group) is 1. The van der Waals surface area contributed by atoms with Gasteiger partial charge in [0, 0.05) is 43.2 Å². The highest BCUT2D eigenvalue weighted by molar-refractivity contribution is 6.24. The number of amides is 2. The molecule has 3 aromatic heterocycles. The molecule has 1 aliphatic carbocycles. The van der Waals surface area contributed by atoms with E-state index in [9.17, 15) is 9.59 Å². The number of pyridine rings is 2. The molecule has 0 fully saturated rings. The fourth-order valence-corrected chi connectivity index (χ4v) is 4.75. The second-order valence-corrected chi connectivity index (χ2v) is 10.1. The number of carbonyl (C=O) groups excluding carboxylic acids is 2. The molecular weight excluding hydrogens is 538 g/mol. The minimum Gasteiger partial charge on any atom is -0.383 e. The number of hydrogen-bond donors (Lipinski definition) is 2. The first-order chi connectivity index (χ1) is 19.7. The van der Waals surface area contributed by atoms with Crippen molar-refractivity contribution in [3.05, 3.63) is 84.9 Å². The Morgan fingerprint density at radius 2 is 2.10 bits per heavy atom. The number of fused-ring (bicyclic) bond motifs is 1. The van der Waals surface area contributed by atoms with Gasteiger partial charge in [0.15, 0.2) is 0 Å². The van der Waals surface area contributed by atoms with Gasteiger partial charge in [0.25, 0.3) is 5.91 Å². The molecule has 3 aromatic rings. The first-order valence-electron chi connectivity index (χ1n) is 13.2. The minimum atomic E-state index is -0.700. The van der Waals surface area contributed by atoms with E-state index in [2.05, 4.69) is 47.2 Å². The molecule has 3 heterocycles. The molecule has 4 rings (SSSR count). The second-order valence-electron chi connectivity index (χ2n) is 9.63. The van der Waals surface area contributed by atoms with Gasteiger partial charge in [0.1, 0.15) is 17.0 Å². The largest absolute Gasteiger partial charge is 0.383 e. The lowest BCUT2D eigenvalue weighted by Crippen LogP contribution is -2.26. The number of nitrogens with two attached hydrogens (primary N) is 1. The Balaban J connectivity index is 1.69. The standard InChI is InChI=1S/C31H32ClN7O2/c1-5-21-19-35-30(33)27-28(37-39(29(21)27)20(3)10-9-17-38(4)26(40)6-2)22-12-13-23(18-24(32)15-14-22)31(41)36-25-11-7-8-16-34-25/h5-8,11-13,16,18-20,22,24H,1-2,9-10,17H2,3-4H3,(H2,33,35)(H,34,36,41)/b13-12-,23-18+.